The molecular formula is C19H16N2O3. The Kier molecular flexibility index (Phi) is 4.43. The molecule has 120 valence electrons. The molecular weight excluding hydrogens is 304 g/mol. The van der Waals surface area contributed by atoms with Crippen LogP contribution in [0.4, 0.5) is 0 Å². The molecule has 0 spiro atoms. The highest BCUT2D eigenvalue weighted by Gasteiger charge is 2.10. The first kappa shape index (κ1) is 15.6. The molecule has 0 unspecified atom stereocenters. The van der Waals surface area contributed by atoms with E-state index in [9.17, 15) is 9.90 Å². The molecule has 5 heteroatoms. The largest absolute Gasteiger partial charge is 0.507 e. The Morgan fingerprint density at radius 1 is 1.08 bits per heavy atom. The zero-order chi connectivity index (χ0) is 16.9. The normalized spacial score (nSPS) is 10.9. The number of methoxy groups -OCH3 is 1. The first-order valence-electron chi connectivity index (χ1n) is 7.38. The van der Waals surface area contributed by atoms with Gasteiger partial charge in [0.2, 0.25) is 0 Å². The van der Waals surface area contributed by atoms with E-state index in [0.29, 0.717) is 16.9 Å². The van der Waals surface area contributed by atoms with E-state index in [4.69, 9.17) is 4.74 Å². The van der Waals surface area contributed by atoms with E-state index < -0.39 is 0 Å². The van der Waals surface area contributed by atoms with Gasteiger partial charge >= 0.3 is 0 Å². The van der Waals surface area contributed by atoms with Gasteiger partial charge in [-0.2, -0.15) is 5.10 Å². The number of aromatic hydroxyl groups is 1. The summed E-state index contributed by atoms with van der Waals surface area (Å²) in [6.07, 6.45) is 1.41. The molecule has 3 aromatic rings. The molecule has 0 radical (unpaired) electrons. The van der Waals surface area contributed by atoms with Crippen LogP contribution in [0.5, 0.6) is 11.5 Å². The molecule has 2 N–H and O–H groups in total. The van der Waals surface area contributed by atoms with Crippen molar-refractivity contribution < 1.29 is 14.6 Å². The van der Waals surface area contributed by atoms with E-state index >= 15 is 0 Å². The Morgan fingerprint density at radius 3 is 2.67 bits per heavy atom. The van der Waals surface area contributed by atoms with Crippen LogP contribution in [0.25, 0.3) is 10.8 Å². The third kappa shape index (κ3) is 3.05. The lowest BCUT2D eigenvalue weighted by atomic mass is 10.1. The molecule has 3 rings (SSSR count). The molecule has 1 amide bonds. The number of hydrogen-bond acceptors (Lipinski definition) is 4. The van der Waals surface area contributed by atoms with Crippen molar-refractivity contribution in [2.24, 2.45) is 5.10 Å². The van der Waals surface area contributed by atoms with Gasteiger partial charge in [0.1, 0.15) is 11.5 Å². The number of hydrogen-bond donors (Lipinski definition) is 2. The van der Waals surface area contributed by atoms with E-state index in [1.54, 1.807) is 30.3 Å². The van der Waals surface area contributed by atoms with Crippen LogP contribution in [0.1, 0.15) is 15.9 Å². The highest BCUT2D eigenvalue weighted by molar-refractivity contribution is 5.99. The Balaban J connectivity index is 1.79. The highest BCUT2D eigenvalue weighted by atomic mass is 16.5. The van der Waals surface area contributed by atoms with Crippen LogP contribution < -0.4 is 10.2 Å². The zero-order valence-corrected chi connectivity index (χ0v) is 13.1. The number of fused-ring (bicyclic) bond motifs is 1. The number of benzene rings is 3. The first-order chi connectivity index (χ1) is 11.7. The van der Waals surface area contributed by atoms with Gasteiger partial charge in [-0.05, 0) is 23.6 Å². The van der Waals surface area contributed by atoms with Crippen molar-refractivity contribution in [2.45, 2.75) is 0 Å². The molecule has 0 heterocycles. The van der Waals surface area contributed by atoms with Crippen LogP contribution in [0.3, 0.4) is 0 Å². The van der Waals surface area contributed by atoms with E-state index in [1.807, 2.05) is 30.3 Å². The maximum Gasteiger partial charge on any atom is 0.275 e. The Labute approximate surface area is 139 Å². The minimum absolute atomic E-state index is 0.128. The van der Waals surface area contributed by atoms with E-state index in [1.165, 1.54) is 13.3 Å². The molecule has 0 saturated carbocycles. The van der Waals surface area contributed by atoms with Gasteiger partial charge in [-0.3, -0.25) is 4.79 Å². The average molecular weight is 320 g/mol. The van der Waals surface area contributed by atoms with Gasteiger partial charge in [0.25, 0.3) is 5.91 Å². The molecule has 24 heavy (non-hydrogen) atoms. The van der Waals surface area contributed by atoms with Crippen LogP contribution in [0.2, 0.25) is 0 Å². The highest BCUT2D eigenvalue weighted by Crippen LogP contribution is 2.27. The van der Waals surface area contributed by atoms with Crippen LogP contribution in [-0.2, 0) is 0 Å². The second-order valence-electron chi connectivity index (χ2n) is 5.12. The second kappa shape index (κ2) is 6.83. The van der Waals surface area contributed by atoms with E-state index in [2.05, 4.69) is 10.5 Å². The molecule has 0 atom stereocenters. The van der Waals surface area contributed by atoms with Crippen molar-refractivity contribution >= 4 is 22.9 Å². The van der Waals surface area contributed by atoms with Gasteiger partial charge in [0.05, 0.1) is 18.9 Å². The Hall–Kier alpha value is -3.34. The topological polar surface area (TPSA) is 70.9 Å². The maximum absolute atomic E-state index is 12.1. The number of hydrazone groups is 1. The summed E-state index contributed by atoms with van der Waals surface area (Å²) in [6.45, 7) is 0. The van der Waals surface area contributed by atoms with Gasteiger partial charge in [-0.25, -0.2) is 5.43 Å². The number of nitrogens with zero attached hydrogens (tertiary/aromatic N) is 1. The summed E-state index contributed by atoms with van der Waals surface area (Å²) in [5.41, 5.74) is 3.35. The molecule has 5 nitrogen and oxygen atoms in total. The van der Waals surface area contributed by atoms with E-state index in [0.717, 1.165) is 10.8 Å². The SMILES string of the molecule is COc1ccccc1C(=O)N/N=C\c1ccc2ccccc2c1O. The molecule has 0 bridgehead atoms. The second-order valence-corrected chi connectivity index (χ2v) is 5.12. The van der Waals surface area contributed by atoms with Gasteiger partial charge in [-0.15, -0.1) is 0 Å². The third-order valence-corrected chi connectivity index (χ3v) is 3.65. The molecule has 0 aliphatic carbocycles. The number of carbonyl (C=O) groups excluding carboxylic acids is 1. The number of rotatable bonds is 4. The summed E-state index contributed by atoms with van der Waals surface area (Å²) in [4.78, 5) is 12.1. The number of nitrogens with one attached hydrogen (secondary N) is 1. The summed E-state index contributed by atoms with van der Waals surface area (Å²) in [7, 11) is 1.50. The van der Waals surface area contributed by atoms with Gasteiger partial charge in [0, 0.05) is 10.9 Å². The number of amides is 1. The number of ether oxygens (including phenoxy) is 1. The van der Waals surface area contributed by atoms with Gasteiger partial charge in [0.15, 0.2) is 0 Å². The van der Waals surface area contributed by atoms with E-state index in [-0.39, 0.29) is 11.7 Å². The summed E-state index contributed by atoms with van der Waals surface area (Å²) in [6, 6.07) is 18.0. The molecule has 0 aliphatic rings. The van der Waals surface area contributed by atoms with Gasteiger partial charge in [-0.1, -0.05) is 42.5 Å². The summed E-state index contributed by atoms with van der Waals surface area (Å²) in [5.74, 6) is 0.214. The Morgan fingerprint density at radius 2 is 1.83 bits per heavy atom. The molecule has 3 aromatic carbocycles. The first-order valence-corrected chi connectivity index (χ1v) is 7.38. The van der Waals surface area contributed by atoms with Crippen molar-refractivity contribution in [3.63, 3.8) is 0 Å². The molecule has 0 aliphatic heterocycles. The van der Waals surface area contributed by atoms with Crippen molar-refractivity contribution in [1.29, 1.82) is 0 Å². The van der Waals surface area contributed by atoms with Gasteiger partial charge < -0.3 is 9.84 Å². The summed E-state index contributed by atoms with van der Waals surface area (Å²) >= 11 is 0. The quantitative estimate of drug-likeness (QED) is 0.572. The van der Waals surface area contributed by atoms with Crippen molar-refractivity contribution in [1.82, 2.24) is 5.43 Å². The molecule has 0 fully saturated rings. The fourth-order valence-corrected chi connectivity index (χ4v) is 2.43. The van der Waals surface area contributed by atoms with Crippen LogP contribution in [0, 0.1) is 0 Å². The third-order valence-electron chi connectivity index (χ3n) is 3.65. The fourth-order valence-electron chi connectivity index (χ4n) is 2.43. The number of carbonyl (C=O) groups is 1. The number of phenolic OH excluding ortho intramolecular Hbond substituents is 1. The van der Waals surface area contributed by atoms with Crippen molar-refractivity contribution in [3.8, 4) is 11.5 Å². The number of phenols is 1. The lowest BCUT2D eigenvalue weighted by molar-refractivity contribution is 0.0952. The van der Waals surface area contributed by atoms with Crippen molar-refractivity contribution in [2.75, 3.05) is 7.11 Å². The summed E-state index contributed by atoms with van der Waals surface area (Å²) < 4.78 is 5.15. The average Bonchev–Trinajstić information content (AvgIpc) is 2.63. The van der Waals surface area contributed by atoms with Crippen molar-refractivity contribution in [3.05, 3.63) is 71.8 Å². The zero-order valence-electron chi connectivity index (χ0n) is 13.1. The predicted molar refractivity (Wildman–Crippen MR) is 93.7 cm³/mol. The Bertz CT molecular complexity index is 919. The summed E-state index contributed by atoms with van der Waals surface area (Å²) in [5, 5.41) is 15.9. The standard InChI is InChI=1S/C19H16N2O3/c1-24-17-9-5-4-8-16(17)19(23)21-20-12-14-11-10-13-6-2-3-7-15(13)18(14)22/h2-12,22H,1H3,(H,21,23)/b20-12-. The predicted octanol–water partition coefficient (Wildman–Crippen LogP) is 3.32. The minimum atomic E-state index is -0.385. The molecule has 0 aromatic heterocycles. The number of para-hydroxylation sites is 1. The minimum Gasteiger partial charge on any atom is -0.507 e. The molecule has 0 saturated heterocycles. The van der Waals surface area contributed by atoms with Crippen LogP contribution in [-0.4, -0.2) is 24.3 Å². The van der Waals surface area contributed by atoms with Crippen LogP contribution in [0.15, 0.2) is 65.8 Å². The lowest BCUT2D eigenvalue weighted by Gasteiger charge is -2.06. The monoisotopic (exact) mass is 320 g/mol. The fraction of sp³-hybridized carbons (Fsp3) is 0.0526. The lowest BCUT2D eigenvalue weighted by Crippen LogP contribution is -2.18. The maximum atomic E-state index is 12.1. The van der Waals surface area contributed by atoms with Crippen LogP contribution >= 0.6 is 0 Å². The smallest absolute Gasteiger partial charge is 0.275 e.